The van der Waals surface area contributed by atoms with Gasteiger partial charge in [0, 0.05) is 39.1 Å². The molecule has 2 heterocycles. The zero-order chi connectivity index (χ0) is 28.0. The first-order valence-electron chi connectivity index (χ1n) is 11.7. The van der Waals surface area contributed by atoms with Gasteiger partial charge in [0.1, 0.15) is 18.6 Å². The molecular formula is C26H38N6O4S2. The maximum Gasteiger partial charge on any atom is 0.135 e. The van der Waals surface area contributed by atoms with Crippen LogP contribution in [0.5, 0.6) is 5.75 Å². The molecule has 3 aromatic rings. The average Bonchev–Trinajstić information content (AvgIpc) is 3.39. The maximum atomic E-state index is 10.3. The monoisotopic (exact) mass is 562 g/mol. The zero-order valence-electron chi connectivity index (χ0n) is 22.0. The SMILES string of the molecule is CNO.COCCOc1ccc(C)cc1.NC(=CCN(N)CC=O)CNSc1ccc(-c2ccccn2)s1. The van der Waals surface area contributed by atoms with Crippen molar-refractivity contribution in [1.82, 2.24) is 20.2 Å². The smallest absolute Gasteiger partial charge is 0.135 e. The second-order valence-corrected chi connectivity index (χ2v) is 9.81. The van der Waals surface area contributed by atoms with Crippen molar-refractivity contribution in [3.05, 3.63) is 78.1 Å². The van der Waals surface area contributed by atoms with Gasteiger partial charge in [0.05, 0.1) is 27.9 Å². The van der Waals surface area contributed by atoms with Gasteiger partial charge in [0.25, 0.3) is 0 Å². The Morgan fingerprint density at radius 1 is 1.16 bits per heavy atom. The molecule has 0 saturated heterocycles. The predicted octanol–water partition coefficient (Wildman–Crippen LogP) is 3.24. The highest BCUT2D eigenvalue weighted by Gasteiger charge is 2.04. The maximum absolute atomic E-state index is 10.3. The van der Waals surface area contributed by atoms with Crippen molar-refractivity contribution in [2.75, 3.05) is 47.0 Å². The van der Waals surface area contributed by atoms with Crippen molar-refractivity contribution >= 4 is 29.6 Å². The van der Waals surface area contributed by atoms with Gasteiger partial charge in [-0.05, 0) is 61.3 Å². The highest BCUT2D eigenvalue weighted by molar-refractivity contribution is 7.99. The van der Waals surface area contributed by atoms with E-state index in [1.54, 1.807) is 36.2 Å². The van der Waals surface area contributed by atoms with E-state index in [4.69, 9.17) is 26.3 Å². The van der Waals surface area contributed by atoms with Crippen LogP contribution >= 0.6 is 23.3 Å². The van der Waals surface area contributed by atoms with Crippen molar-refractivity contribution in [3.63, 3.8) is 0 Å². The number of rotatable bonds is 13. The molecule has 0 spiro atoms. The van der Waals surface area contributed by atoms with Crippen LogP contribution in [0.4, 0.5) is 0 Å². The van der Waals surface area contributed by atoms with Crippen LogP contribution in [0.1, 0.15) is 5.56 Å². The topological polar surface area (TPSA) is 148 Å². The Morgan fingerprint density at radius 3 is 2.53 bits per heavy atom. The minimum absolute atomic E-state index is 0.192. The molecule has 10 nitrogen and oxygen atoms in total. The number of carbonyl (C=O) groups excluding carboxylic acids is 1. The molecule has 0 atom stereocenters. The van der Waals surface area contributed by atoms with E-state index in [0.717, 1.165) is 26.8 Å². The third-order valence-corrected chi connectivity index (χ3v) is 6.45. The molecule has 7 N–H and O–H groups in total. The lowest BCUT2D eigenvalue weighted by Crippen LogP contribution is -2.33. The molecular weight excluding hydrogens is 524 g/mol. The third-order valence-electron chi connectivity index (χ3n) is 4.42. The average molecular weight is 563 g/mol. The number of aromatic nitrogens is 1. The van der Waals surface area contributed by atoms with E-state index >= 15 is 0 Å². The van der Waals surface area contributed by atoms with E-state index in [9.17, 15) is 4.79 Å². The summed E-state index contributed by atoms with van der Waals surface area (Å²) in [6, 6.07) is 18.0. The summed E-state index contributed by atoms with van der Waals surface area (Å²) in [5.74, 6) is 6.48. The number of nitrogens with one attached hydrogen (secondary N) is 2. The molecule has 0 bridgehead atoms. The minimum atomic E-state index is 0.192. The number of hydrogen-bond donors (Lipinski definition) is 5. The van der Waals surface area contributed by atoms with E-state index in [2.05, 4.69) is 28.8 Å². The van der Waals surface area contributed by atoms with Crippen LogP contribution in [0, 0.1) is 6.92 Å². The Morgan fingerprint density at radius 2 is 1.89 bits per heavy atom. The van der Waals surface area contributed by atoms with Crippen LogP contribution < -0.4 is 26.5 Å². The fourth-order valence-electron chi connectivity index (χ4n) is 2.57. The highest BCUT2D eigenvalue weighted by Crippen LogP contribution is 2.31. The first-order valence-corrected chi connectivity index (χ1v) is 13.3. The van der Waals surface area contributed by atoms with Crippen LogP contribution in [-0.2, 0) is 9.53 Å². The third kappa shape index (κ3) is 15.4. The molecule has 38 heavy (non-hydrogen) atoms. The molecule has 12 heteroatoms. The zero-order valence-corrected chi connectivity index (χ0v) is 23.6. The summed E-state index contributed by atoms with van der Waals surface area (Å²) in [7, 11) is 3.10. The summed E-state index contributed by atoms with van der Waals surface area (Å²) in [6.07, 6.45) is 4.34. The first kappa shape index (κ1) is 33.2. The van der Waals surface area contributed by atoms with E-state index in [0.29, 0.717) is 32.0 Å². The number of thiophene rings is 1. The lowest BCUT2D eigenvalue weighted by molar-refractivity contribution is -0.108. The summed E-state index contributed by atoms with van der Waals surface area (Å²) in [5, 5.41) is 8.71. The van der Waals surface area contributed by atoms with Gasteiger partial charge in [-0.1, -0.05) is 23.8 Å². The number of nitrogens with zero attached hydrogens (tertiary/aromatic N) is 2. The molecule has 0 aliphatic heterocycles. The fraction of sp³-hybridized carbons (Fsp3) is 0.308. The number of aldehydes is 1. The molecule has 0 amide bonds. The lowest BCUT2D eigenvalue weighted by atomic mass is 10.2. The number of methoxy groups -OCH3 is 1. The van der Waals surface area contributed by atoms with Crippen LogP contribution in [0.2, 0.25) is 0 Å². The van der Waals surface area contributed by atoms with Gasteiger partial charge in [-0.3, -0.25) is 15.5 Å². The number of pyridine rings is 1. The van der Waals surface area contributed by atoms with Gasteiger partial charge in [-0.15, -0.1) is 11.3 Å². The molecule has 0 saturated carbocycles. The van der Waals surface area contributed by atoms with Crippen molar-refractivity contribution in [3.8, 4) is 16.3 Å². The standard InChI is InChI=1S/C15H19N5OS2.C10H14O2.CH5NO/c16-12(6-8-20(17)9-10-21)11-19-23-15-5-4-14(22-15)13-3-1-2-7-18-13;1-9-3-5-10(6-4-9)12-8-7-11-2;1-2-3/h1-7,10,19H,8-9,11,16-17H2;3-6H,7-8H2,1-2H3;2-3H,1H3. The van der Waals surface area contributed by atoms with Crippen molar-refractivity contribution in [1.29, 1.82) is 0 Å². The quantitative estimate of drug-likeness (QED) is 0.0687. The summed E-state index contributed by atoms with van der Waals surface area (Å²) in [5.41, 5.74) is 10.5. The normalized spacial score (nSPS) is 10.7. The number of hydroxylamine groups is 1. The van der Waals surface area contributed by atoms with Gasteiger partial charge in [-0.25, -0.2) is 10.5 Å². The van der Waals surface area contributed by atoms with Crippen LogP contribution in [0.25, 0.3) is 10.6 Å². The Kier molecular flexibility index (Phi) is 18.5. The number of benzene rings is 1. The van der Waals surface area contributed by atoms with Gasteiger partial charge in [-0.2, -0.15) is 0 Å². The van der Waals surface area contributed by atoms with Crippen molar-refractivity contribution in [2.24, 2.45) is 11.6 Å². The fourth-order valence-corrected chi connectivity index (χ4v) is 4.41. The Bertz CT molecular complexity index is 1040. The number of nitrogens with two attached hydrogens (primary N) is 2. The van der Waals surface area contributed by atoms with Gasteiger partial charge < -0.3 is 25.2 Å². The van der Waals surface area contributed by atoms with E-state index in [-0.39, 0.29) is 6.54 Å². The van der Waals surface area contributed by atoms with Crippen LogP contribution in [-0.4, -0.2) is 68.5 Å². The van der Waals surface area contributed by atoms with Crippen molar-refractivity contribution < 1.29 is 19.5 Å². The van der Waals surface area contributed by atoms with Crippen LogP contribution in [0.15, 0.2) is 76.8 Å². The molecule has 208 valence electrons. The summed E-state index contributed by atoms with van der Waals surface area (Å²) in [4.78, 5) is 15.8. The molecule has 0 unspecified atom stereocenters. The molecule has 2 aromatic heterocycles. The largest absolute Gasteiger partial charge is 0.491 e. The lowest BCUT2D eigenvalue weighted by Gasteiger charge is -2.10. The first-order chi connectivity index (χ1) is 18.4. The second kappa shape index (κ2) is 21.2. The Labute approximate surface area is 233 Å². The molecule has 0 radical (unpaired) electrons. The summed E-state index contributed by atoms with van der Waals surface area (Å²) in [6.45, 7) is 4.47. The highest BCUT2D eigenvalue weighted by atomic mass is 32.2. The van der Waals surface area contributed by atoms with E-state index in [1.165, 1.54) is 29.6 Å². The van der Waals surface area contributed by atoms with E-state index in [1.807, 2.05) is 42.5 Å². The predicted molar refractivity (Wildman–Crippen MR) is 155 cm³/mol. The molecule has 1 aromatic carbocycles. The minimum Gasteiger partial charge on any atom is -0.491 e. The number of aryl methyl sites for hydroxylation is 1. The molecule has 0 aliphatic carbocycles. The van der Waals surface area contributed by atoms with Gasteiger partial charge in [0.2, 0.25) is 0 Å². The van der Waals surface area contributed by atoms with Gasteiger partial charge in [0.15, 0.2) is 0 Å². The molecule has 3 rings (SSSR count). The number of hydrazine groups is 1. The van der Waals surface area contributed by atoms with Crippen molar-refractivity contribution in [2.45, 2.75) is 11.1 Å². The molecule has 0 fully saturated rings. The number of ether oxygens (including phenoxy) is 2. The summed E-state index contributed by atoms with van der Waals surface area (Å²) < 4.78 is 14.6. The number of carbonyl (C=O) groups is 1. The number of hydrogen-bond acceptors (Lipinski definition) is 12. The van der Waals surface area contributed by atoms with Gasteiger partial charge >= 0.3 is 0 Å². The Balaban J connectivity index is 0.000000403. The molecule has 0 aliphatic rings. The van der Waals surface area contributed by atoms with Crippen LogP contribution in [0.3, 0.4) is 0 Å². The van der Waals surface area contributed by atoms with E-state index < -0.39 is 0 Å². The second-order valence-electron chi connectivity index (χ2n) is 7.53. The summed E-state index contributed by atoms with van der Waals surface area (Å²) >= 11 is 3.20. The Hall–Kier alpha value is -2.81.